The van der Waals surface area contributed by atoms with Crippen molar-refractivity contribution >= 4 is 18.3 Å². The molecule has 1 aliphatic rings. The number of rotatable bonds is 3. The summed E-state index contributed by atoms with van der Waals surface area (Å²) in [5.74, 6) is 0.911. The molecular formula is C13H19ClN2O2. The molecule has 2 rings (SSSR count). The zero-order valence-electron chi connectivity index (χ0n) is 10.4. The minimum atomic E-state index is 0. The number of carbonyl (C=O) groups is 1. The molecule has 0 spiro atoms. The lowest BCUT2D eigenvalue weighted by atomic mass is 10.0. The van der Waals surface area contributed by atoms with Gasteiger partial charge in [0.1, 0.15) is 5.75 Å². The molecule has 1 aromatic carbocycles. The minimum absolute atomic E-state index is 0. The first kappa shape index (κ1) is 14.8. The van der Waals surface area contributed by atoms with Gasteiger partial charge in [0.25, 0.3) is 0 Å². The first-order valence-electron chi connectivity index (χ1n) is 5.97. The van der Waals surface area contributed by atoms with Crippen LogP contribution in [0.3, 0.4) is 0 Å². The van der Waals surface area contributed by atoms with Crippen molar-refractivity contribution in [1.82, 2.24) is 10.6 Å². The van der Waals surface area contributed by atoms with Crippen molar-refractivity contribution in [2.75, 3.05) is 20.2 Å². The minimum Gasteiger partial charge on any atom is -0.493 e. The Balaban J connectivity index is 0.00000162. The van der Waals surface area contributed by atoms with Gasteiger partial charge in [-0.05, 0) is 26.0 Å². The third kappa shape index (κ3) is 3.62. The molecule has 0 fully saturated rings. The second kappa shape index (κ2) is 7.24. The van der Waals surface area contributed by atoms with Crippen LogP contribution in [0.15, 0.2) is 24.3 Å². The SMILES string of the molecule is CNCC(=O)NC1CCCOc2ccccc21.Cl. The van der Waals surface area contributed by atoms with Crippen LogP contribution in [0.1, 0.15) is 24.4 Å². The smallest absolute Gasteiger partial charge is 0.234 e. The monoisotopic (exact) mass is 270 g/mol. The van der Waals surface area contributed by atoms with E-state index < -0.39 is 0 Å². The van der Waals surface area contributed by atoms with Crippen molar-refractivity contribution in [3.8, 4) is 5.75 Å². The summed E-state index contributed by atoms with van der Waals surface area (Å²) in [6.07, 6.45) is 1.88. The second-order valence-electron chi connectivity index (χ2n) is 4.18. The van der Waals surface area contributed by atoms with E-state index in [1.807, 2.05) is 24.3 Å². The quantitative estimate of drug-likeness (QED) is 0.878. The Morgan fingerprint density at radius 2 is 2.22 bits per heavy atom. The van der Waals surface area contributed by atoms with E-state index in [-0.39, 0.29) is 24.4 Å². The van der Waals surface area contributed by atoms with E-state index in [4.69, 9.17) is 4.74 Å². The number of benzene rings is 1. The molecule has 0 aromatic heterocycles. The zero-order valence-corrected chi connectivity index (χ0v) is 11.3. The van der Waals surface area contributed by atoms with Gasteiger partial charge in [-0.2, -0.15) is 0 Å². The standard InChI is InChI=1S/C13H18N2O2.ClH/c1-14-9-13(16)15-11-6-4-8-17-12-7-3-2-5-10(11)12;/h2-3,5,7,11,14H,4,6,8-9H2,1H3,(H,15,16);1H. The van der Waals surface area contributed by atoms with Crippen LogP contribution >= 0.6 is 12.4 Å². The van der Waals surface area contributed by atoms with Crippen molar-refractivity contribution in [3.63, 3.8) is 0 Å². The third-order valence-electron chi connectivity index (χ3n) is 2.86. The van der Waals surface area contributed by atoms with E-state index >= 15 is 0 Å². The van der Waals surface area contributed by atoms with Crippen LogP contribution in [-0.2, 0) is 4.79 Å². The predicted octanol–water partition coefficient (Wildman–Crippen LogP) is 1.66. The van der Waals surface area contributed by atoms with Gasteiger partial charge in [0.05, 0.1) is 19.2 Å². The Morgan fingerprint density at radius 3 is 3.00 bits per heavy atom. The van der Waals surface area contributed by atoms with E-state index in [1.54, 1.807) is 7.05 Å². The Kier molecular flexibility index (Phi) is 5.95. The van der Waals surface area contributed by atoms with Crippen molar-refractivity contribution in [2.45, 2.75) is 18.9 Å². The first-order chi connectivity index (χ1) is 8.31. The van der Waals surface area contributed by atoms with Crippen LogP contribution in [0, 0.1) is 0 Å². The number of nitrogens with one attached hydrogen (secondary N) is 2. The van der Waals surface area contributed by atoms with E-state index in [1.165, 1.54) is 0 Å². The van der Waals surface area contributed by atoms with Gasteiger partial charge in [-0.25, -0.2) is 0 Å². The van der Waals surface area contributed by atoms with Gasteiger partial charge in [0, 0.05) is 5.56 Å². The molecule has 5 heteroatoms. The molecule has 18 heavy (non-hydrogen) atoms. The molecule has 1 aliphatic heterocycles. The van der Waals surface area contributed by atoms with Crippen LogP contribution in [-0.4, -0.2) is 26.1 Å². The highest BCUT2D eigenvalue weighted by atomic mass is 35.5. The molecule has 100 valence electrons. The Hall–Kier alpha value is -1.26. The van der Waals surface area contributed by atoms with Gasteiger partial charge in [-0.15, -0.1) is 12.4 Å². The summed E-state index contributed by atoms with van der Waals surface area (Å²) in [4.78, 5) is 11.6. The molecule has 0 bridgehead atoms. The van der Waals surface area contributed by atoms with E-state index in [0.29, 0.717) is 6.54 Å². The molecule has 0 saturated carbocycles. The maximum absolute atomic E-state index is 11.6. The average molecular weight is 271 g/mol. The number of fused-ring (bicyclic) bond motifs is 1. The lowest BCUT2D eigenvalue weighted by molar-refractivity contribution is -0.120. The third-order valence-corrected chi connectivity index (χ3v) is 2.86. The van der Waals surface area contributed by atoms with Gasteiger partial charge >= 0.3 is 0 Å². The molecule has 1 unspecified atom stereocenters. The van der Waals surface area contributed by atoms with E-state index in [0.717, 1.165) is 30.8 Å². The summed E-state index contributed by atoms with van der Waals surface area (Å²) >= 11 is 0. The molecule has 0 radical (unpaired) electrons. The Morgan fingerprint density at radius 1 is 1.44 bits per heavy atom. The molecular weight excluding hydrogens is 252 g/mol. The Labute approximate surface area is 114 Å². The largest absolute Gasteiger partial charge is 0.493 e. The molecule has 0 saturated heterocycles. The molecule has 1 amide bonds. The fraction of sp³-hybridized carbons (Fsp3) is 0.462. The fourth-order valence-electron chi connectivity index (χ4n) is 2.08. The number of ether oxygens (including phenoxy) is 1. The maximum Gasteiger partial charge on any atom is 0.234 e. The topological polar surface area (TPSA) is 50.4 Å². The molecule has 1 aromatic rings. The highest BCUT2D eigenvalue weighted by Crippen LogP contribution is 2.30. The number of amides is 1. The number of hydrogen-bond acceptors (Lipinski definition) is 3. The highest BCUT2D eigenvalue weighted by Gasteiger charge is 2.20. The van der Waals surface area contributed by atoms with E-state index in [2.05, 4.69) is 10.6 Å². The Bertz CT molecular complexity index is 398. The average Bonchev–Trinajstić information content (AvgIpc) is 2.53. The van der Waals surface area contributed by atoms with Gasteiger partial charge in [0.2, 0.25) is 5.91 Å². The van der Waals surface area contributed by atoms with E-state index in [9.17, 15) is 4.79 Å². The van der Waals surface area contributed by atoms with Crippen LogP contribution in [0.25, 0.3) is 0 Å². The molecule has 1 atom stereocenters. The van der Waals surface area contributed by atoms with Crippen LogP contribution < -0.4 is 15.4 Å². The second-order valence-corrected chi connectivity index (χ2v) is 4.18. The van der Waals surface area contributed by atoms with Gasteiger partial charge in [0.15, 0.2) is 0 Å². The lowest BCUT2D eigenvalue weighted by Gasteiger charge is -2.18. The number of halogens is 1. The maximum atomic E-state index is 11.6. The van der Waals surface area contributed by atoms with Crippen molar-refractivity contribution < 1.29 is 9.53 Å². The normalized spacial score (nSPS) is 17.7. The molecule has 2 N–H and O–H groups in total. The molecule has 4 nitrogen and oxygen atoms in total. The summed E-state index contributed by atoms with van der Waals surface area (Å²) in [5, 5.41) is 5.89. The summed E-state index contributed by atoms with van der Waals surface area (Å²) in [7, 11) is 1.77. The van der Waals surface area contributed by atoms with Gasteiger partial charge < -0.3 is 15.4 Å². The summed E-state index contributed by atoms with van der Waals surface area (Å²) in [5.41, 5.74) is 1.08. The molecule has 0 aliphatic carbocycles. The summed E-state index contributed by atoms with van der Waals surface area (Å²) < 4.78 is 5.65. The predicted molar refractivity (Wildman–Crippen MR) is 73.2 cm³/mol. The van der Waals surface area contributed by atoms with Crippen LogP contribution in [0.5, 0.6) is 5.75 Å². The van der Waals surface area contributed by atoms with Crippen LogP contribution in [0.2, 0.25) is 0 Å². The van der Waals surface area contributed by atoms with Crippen molar-refractivity contribution in [1.29, 1.82) is 0 Å². The molecule has 1 heterocycles. The number of para-hydroxylation sites is 1. The zero-order chi connectivity index (χ0) is 12.1. The highest BCUT2D eigenvalue weighted by molar-refractivity contribution is 5.85. The van der Waals surface area contributed by atoms with Crippen LogP contribution in [0.4, 0.5) is 0 Å². The van der Waals surface area contributed by atoms with Gasteiger partial charge in [-0.1, -0.05) is 18.2 Å². The van der Waals surface area contributed by atoms with Crippen molar-refractivity contribution in [2.24, 2.45) is 0 Å². The number of carbonyl (C=O) groups excluding carboxylic acids is 1. The lowest BCUT2D eigenvalue weighted by Crippen LogP contribution is -2.34. The number of hydrogen-bond donors (Lipinski definition) is 2. The van der Waals surface area contributed by atoms with Crippen molar-refractivity contribution in [3.05, 3.63) is 29.8 Å². The first-order valence-corrected chi connectivity index (χ1v) is 5.97. The van der Waals surface area contributed by atoms with Gasteiger partial charge in [-0.3, -0.25) is 4.79 Å². The number of likely N-dealkylation sites (N-methyl/N-ethyl adjacent to an activating group) is 1. The fourth-order valence-corrected chi connectivity index (χ4v) is 2.08. The summed E-state index contributed by atoms with van der Waals surface area (Å²) in [6, 6.07) is 7.97. The summed E-state index contributed by atoms with van der Waals surface area (Å²) in [6.45, 7) is 1.06.